The number of likely N-dealkylation sites (tertiary alicyclic amines) is 1. The molecule has 1 aromatic carbocycles. The molecule has 0 radical (unpaired) electrons. The SMILES string of the molecule is CC(C)SC1CC(=O)N(CCCCCC(=O)N[C@H](C(=O)NC(CCCNC(N)=O)C(=O)Nc2ccc(COC(=O)N(C)CCN(C)C(=O)COCC=O)cc2)C(C)C)C1=O. The summed E-state index contributed by atoms with van der Waals surface area (Å²) < 4.78 is 10.3. The second kappa shape index (κ2) is 26.8. The zero-order valence-corrected chi connectivity index (χ0v) is 36.3. The molecule has 2 rings (SSSR count). The van der Waals surface area contributed by atoms with E-state index in [1.807, 2.05) is 13.8 Å². The van der Waals surface area contributed by atoms with E-state index < -0.39 is 36.0 Å². The molecular weight excluding hydrogens is 801 g/mol. The van der Waals surface area contributed by atoms with Crippen LogP contribution in [0.2, 0.25) is 0 Å². The monoisotopic (exact) mass is 862 g/mol. The van der Waals surface area contributed by atoms with Gasteiger partial charge in [-0.1, -0.05) is 46.2 Å². The second-order valence-corrected chi connectivity index (χ2v) is 16.8. The molecule has 60 heavy (non-hydrogen) atoms. The van der Waals surface area contributed by atoms with Gasteiger partial charge >= 0.3 is 12.1 Å². The van der Waals surface area contributed by atoms with Crippen molar-refractivity contribution in [1.82, 2.24) is 30.7 Å². The maximum absolute atomic E-state index is 13.5. The Labute approximate surface area is 355 Å². The van der Waals surface area contributed by atoms with Crippen LogP contribution in [0.25, 0.3) is 0 Å². The van der Waals surface area contributed by atoms with Crippen LogP contribution in [0.1, 0.15) is 78.2 Å². The molecule has 0 spiro atoms. The number of hydrogen-bond acceptors (Lipinski definition) is 12. The first-order chi connectivity index (χ1) is 28.4. The maximum Gasteiger partial charge on any atom is 0.409 e. The summed E-state index contributed by atoms with van der Waals surface area (Å²) in [4.78, 5) is 115. The molecule has 9 amide bonds. The number of rotatable bonds is 27. The predicted molar refractivity (Wildman–Crippen MR) is 224 cm³/mol. The minimum atomic E-state index is -1.05. The summed E-state index contributed by atoms with van der Waals surface area (Å²) in [7, 11) is 3.07. The van der Waals surface area contributed by atoms with Crippen molar-refractivity contribution in [3.8, 4) is 0 Å². The lowest BCUT2D eigenvalue weighted by Crippen LogP contribution is -2.54. The van der Waals surface area contributed by atoms with Gasteiger partial charge in [-0.25, -0.2) is 9.59 Å². The van der Waals surface area contributed by atoms with E-state index in [9.17, 15) is 43.2 Å². The molecule has 19 nitrogen and oxygen atoms in total. The molecule has 20 heteroatoms. The van der Waals surface area contributed by atoms with E-state index in [0.717, 1.165) is 0 Å². The average Bonchev–Trinajstić information content (AvgIpc) is 3.45. The van der Waals surface area contributed by atoms with Gasteiger partial charge in [0.05, 0.1) is 5.25 Å². The van der Waals surface area contributed by atoms with Gasteiger partial charge in [0.25, 0.3) is 0 Å². The fourth-order valence-electron chi connectivity index (χ4n) is 5.87. The summed E-state index contributed by atoms with van der Waals surface area (Å²) in [5, 5.41) is 10.6. The molecule has 0 aliphatic carbocycles. The summed E-state index contributed by atoms with van der Waals surface area (Å²) in [5.74, 6) is -2.47. The first-order valence-corrected chi connectivity index (χ1v) is 21.0. The number of nitrogens with zero attached hydrogens (tertiary/aromatic N) is 3. The van der Waals surface area contributed by atoms with Crippen molar-refractivity contribution in [3.05, 3.63) is 29.8 Å². The van der Waals surface area contributed by atoms with Crippen LogP contribution in [0.3, 0.4) is 0 Å². The smallest absolute Gasteiger partial charge is 0.409 e. The van der Waals surface area contributed by atoms with E-state index in [0.29, 0.717) is 49.8 Å². The molecule has 1 heterocycles. The van der Waals surface area contributed by atoms with E-state index in [1.54, 1.807) is 45.2 Å². The molecule has 334 valence electrons. The van der Waals surface area contributed by atoms with Crippen LogP contribution in [0.15, 0.2) is 24.3 Å². The fraction of sp³-hybridized carbons (Fsp3) is 0.625. The lowest BCUT2D eigenvalue weighted by atomic mass is 10.0. The minimum Gasteiger partial charge on any atom is -0.445 e. The van der Waals surface area contributed by atoms with Gasteiger partial charge in [0.2, 0.25) is 35.4 Å². The molecule has 1 fully saturated rings. The number of amides is 9. The lowest BCUT2D eigenvalue weighted by molar-refractivity contribution is -0.138. The number of ether oxygens (including phenoxy) is 2. The third-order valence-corrected chi connectivity index (χ3v) is 10.5. The molecule has 0 aromatic heterocycles. The van der Waals surface area contributed by atoms with Crippen LogP contribution < -0.4 is 27.0 Å². The Morgan fingerprint density at radius 3 is 2.25 bits per heavy atom. The fourth-order valence-corrected chi connectivity index (χ4v) is 7.01. The van der Waals surface area contributed by atoms with Gasteiger partial charge < -0.3 is 51.1 Å². The highest BCUT2D eigenvalue weighted by Crippen LogP contribution is 2.28. The number of anilines is 1. The van der Waals surface area contributed by atoms with Crippen molar-refractivity contribution in [3.63, 3.8) is 0 Å². The standard InChI is InChI=1S/C40H62N8O11S/c1-26(2)35(45-32(50)12-8-7-9-18-48-33(51)23-31(38(48)55)60-27(3)4)37(54)44-30(11-10-17-42-39(41)56)36(53)43-29-15-13-28(14-16-29)24-59-40(57)47(6)20-19-46(5)34(52)25-58-22-21-49/h13-16,21,26-27,30-31,35H,7-12,17-20,22-25H2,1-6H3,(H,43,53)(H,44,54)(H,45,50)(H3,41,42,56)/t30?,31?,35-/m0/s1. The van der Waals surface area contributed by atoms with E-state index in [4.69, 9.17) is 15.2 Å². The van der Waals surface area contributed by atoms with Crippen molar-refractivity contribution in [1.29, 1.82) is 0 Å². The van der Waals surface area contributed by atoms with Crippen LogP contribution in [-0.4, -0.2) is 145 Å². The quantitative estimate of drug-likeness (QED) is 0.0482. The maximum atomic E-state index is 13.5. The summed E-state index contributed by atoms with van der Waals surface area (Å²) in [6, 6.07) is 3.78. The Hall–Kier alpha value is -5.24. The van der Waals surface area contributed by atoms with Crippen LogP contribution in [0, 0.1) is 5.92 Å². The Balaban J connectivity index is 1.91. The molecule has 1 aliphatic rings. The molecule has 6 N–H and O–H groups in total. The number of benzene rings is 1. The van der Waals surface area contributed by atoms with Crippen molar-refractivity contribution >= 4 is 71.3 Å². The molecule has 2 unspecified atom stereocenters. The number of primary amides is 1. The number of nitrogens with one attached hydrogen (secondary N) is 4. The molecule has 0 bridgehead atoms. The van der Waals surface area contributed by atoms with E-state index in [1.165, 1.54) is 33.5 Å². The number of aldehydes is 1. The Kier molecular flexibility index (Phi) is 22.7. The Morgan fingerprint density at radius 2 is 1.62 bits per heavy atom. The van der Waals surface area contributed by atoms with Crippen LogP contribution in [0.5, 0.6) is 0 Å². The number of likely N-dealkylation sites (N-methyl/N-ethyl adjacent to an activating group) is 2. The number of unbranched alkanes of at least 4 members (excludes halogenated alkanes) is 2. The molecule has 3 atom stereocenters. The molecule has 0 saturated carbocycles. The highest BCUT2D eigenvalue weighted by molar-refractivity contribution is 8.01. The molecule has 1 aliphatic heterocycles. The zero-order valence-electron chi connectivity index (χ0n) is 35.5. The summed E-state index contributed by atoms with van der Waals surface area (Å²) in [5.41, 5.74) is 6.19. The number of urea groups is 1. The highest BCUT2D eigenvalue weighted by atomic mass is 32.2. The van der Waals surface area contributed by atoms with Gasteiger partial charge in [-0.3, -0.25) is 33.7 Å². The molecule has 1 aromatic rings. The van der Waals surface area contributed by atoms with E-state index >= 15 is 0 Å². The molecular formula is C40H62N8O11S. The summed E-state index contributed by atoms with van der Waals surface area (Å²) >= 11 is 1.49. The molecule has 1 saturated heterocycles. The number of carbonyl (C=O) groups is 9. The number of hydrogen-bond donors (Lipinski definition) is 5. The average molecular weight is 863 g/mol. The van der Waals surface area contributed by atoms with Gasteiger partial charge in [0.1, 0.15) is 38.2 Å². The first-order valence-electron chi connectivity index (χ1n) is 20.1. The summed E-state index contributed by atoms with van der Waals surface area (Å²) in [6.07, 6.45) is 2.33. The number of thioether (sulfide) groups is 1. The van der Waals surface area contributed by atoms with Gasteiger partial charge in [0.15, 0.2) is 0 Å². The van der Waals surface area contributed by atoms with Gasteiger partial charge in [-0.2, -0.15) is 0 Å². The third kappa shape index (κ3) is 18.8. The topological polar surface area (TPSA) is 256 Å². The van der Waals surface area contributed by atoms with Gasteiger partial charge in [-0.15, -0.1) is 11.8 Å². The first kappa shape index (κ1) is 50.9. The number of imide groups is 1. The van der Waals surface area contributed by atoms with Crippen LogP contribution >= 0.6 is 11.8 Å². The number of carbonyl (C=O) groups excluding carboxylic acids is 9. The Bertz CT molecular complexity index is 1630. The highest BCUT2D eigenvalue weighted by Gasteiger charge is 2.38. The normalized spacial score (nSPS) is 14.7. The minimum absolute atomic E-state index is 0.0710. The third-order valence-electron chi connectivity index (χ3n) is 9.30. The Morgan fingerprint density at radius 1 is 0.933 bits per heavy atom. The van der Waals surface area contributed by atoms with Gasteiger partial charge in [-0.05, 0) is 54.5 Å². The number of nitrogens with two attached hydrogens (primary N) is 1. The van der Waals surface area contributed by atoms with Crippen molar-refractivity contribution in [2.75, 3.05) is 58.8 Å². The van der Waals surface area contributed by atoms with E-state index in [2.05, 4.69) is 21.3 Å². The van der Waals surface area contributed by atoms with Crippen molar-refractivity contribution in [2.24, 2.45) is 11.7 Å². The lowest BCUT2D eigenvalue weighted by Gasteiger charge is -2.25. The van der Waals surface area contributed by atoms with Crippen molar-refractivity contribution in [2.45, 2.75) is 102 Å². The largest absolute Gasteiger partial charge is 0.445 e. The van der Waals surface area contributed by atoms with Crippen LogP contribution in [-0.2, 0) is 49.6 Å². The summed E-state index contributed by atoms with van der Waals surface area (Å²) in [6.45, 7) is 7.85. The predicted octanol–water partition coefficient (Wildman–Crippen LogP) is 1.77. The van der Waals surface area contributed by atoms with E-state index in [-0.39, 0.29) is 98.8 Å². The second-order valence-electron chi connectivity index (χ2n) is 15.0. The van der Waals surface area contributed by atoms with Gasteiger partial charge in [0, 0.05) is 58.8 Å². The zero-order chi connectivity index (χ0) is 44.8. The van der Waals surface area contributed by atoms with Crippen LogP contribution in [0.4, 0.5) is 15.3 Å². The van der Waals surface area contributed by atoms with Crippen molar-refractivity contribution < 1.29 is 52.6 Å².